The minimum atomic E-state index is -0.413. The Morgan fingerprint density at radius 2 is 0.729 bits per heavy atom. The van der Waals surface area contributed by atoms with Crippen LogP contribution in [0.15, 0.2) is 182 Å². The molecule has 0 unspecified atom stereocenters. The van der Waals surface area contributed by atoms with E-state index in [4.69, 9.17) is 4.85 Å². The number of aromatic nitrogens is 4. The molecule has 0 saturated heterocycles. The summed E-state index contributed by atoms with van der Waals surface area (Å²) in [5, 5.41) is 21.1. The van der Waals surface area contributed by atoms with E-state index in [2.05, 4.69) is 234 Å². The number of benzene rings is 9. The molecule has 0 N–H and O–H groups in total. The zero-order valence-corrected chi connectivity index (χ0v) is 39.4. The average molecular weight is 899 g/mol. The first kappa shape index (κ1) is 40.2. The second kappa shape index (κ2) is 14.3. The van der Waals surface area contributed by atoms with E-state index >= 15 is 0 Å². The van der Waals surface area contributed by atoms with Crippen LogP contribution in [0.2, 0.25) is 0 Å². The van der Waals surface area contributed by atoms with Crippen molar-refractivity contribution in [3.8, 4) is 28.8 Å². The van der Waals surface area contributed by atoms with Gasteiger partial charge in [-0.15, -0.1) is 0 Å². The van der Waals surface area contributed by atoms with Crippen LogP contribution in [-0.4, -0.2) is 18.3 Å². The highest BCUT2D eigenvalue weighted by atomic mass is 15.1. The molecular formula is C64H46N6. The normalized spacial score (nSPS) is 14.4. The highest BCUT2D eigenvalue weighted by Crippen LogP contribution is 2.57. The third kappa shape index (κ3) is 5.20. The maximum absolute atomic E-state index is 12.3. The van der Waals surface area contributed by atoms with Crippen LogP contribution >= 0.6 is 0 Å². The van der Waals surface area contributed by atoms with E-state index in [0.717, 1.165) is 134 Å². The molecule has 1 aliphatic rings. The molecule has 332 valence electrons. The molecule has 6 nitrogen and oxygen atoms in total. The van der Waals surface area contributed by atoms with Crippen LogP contribution in [0.3, 0.4) is 0 Å². The van der Waals surface area contributed by atoms with Gasteiger partial charge in [0.25, 0.3) is 0 Å². The highest BCUT2D eigenvalue weighted by molar-refractivity contribution is 6.26. The molecule has 6 heteroatoms. The fourth-order valence-electron chi connectivity index (χ4n) is 12.7. The van der Waals surface area contributed by atoms with Gasteiger partial charge in [-0.1, -0.05) is 161 Å². The van der Waals surface area contributed by atoms with E-state index in [-0.39, 0.29) is 0 Å². The lowest BCUT2D eigenvalue weighted by atomic mass is 9.61. The summed E-state index contributed by atoms with van der Waals surface area (Å²) in [5.41, 5.74) is 14.1. The van der Waals surface area contributed by atoms with Crippen molar-refractivity contribution < 1.29 is 0 Å². The van der Waals surface area contributed by atoms with Crippen LogP contribution in [0.4, 0.5) is 5.69 Å². The van der Waals surface area contributed by atoms with Crippen molar-refractivity contribution >= 4 is 92.9 Å². The maximum Gasteiger partial charge on any atom is 0.216 e. The van der Waals surface area contributed by atoms with E-state index in [9.17, 15) is 11.8 Å². The Balaban J connectivity index is 1.30. The van der Waals surface area contributed by atoms with Crippen molar-refractivity contribution in [2.24, 2.45) is 0 Å². The Hall–Kier alpha value is -8.84. The van der Waals surface area contributed by atoms with Gasteiger partial charge in [0.15, 0.2) is 0 Å². The zero-order chi connectivity index (χ0) is 47.2. The molecule has 4 aromatic heterocycles. The van der Waals surface area contributed by atoms with E-state index in [1.165, 1.54) is 0 Å². The first-order chi connectivity index (χ1) is 34.2. The van der Waals surface area contributed by atoms with E-state index in [1.807, 2.05) is 0 Å². The number of nitriles is 1. The quantitative estimate of drug-likeness (QED) is 0.162. The van der Waals surface area contributed by atoms with Crippen molar-refractivity contribution in [3.05, 3.63) is 210 Å². The first-order valence-electron chi connectivity index (χ1n) is 24.3. The van der Waals surface area contributed by atoms with Gasteiger partial charge in [0.05, 0.1) is 67.6 Å². The average Bonchev–Trinajstić information content (AvgIpc) is 4.13. The van der Waals surface area contributed by atoms with Gasteiger partial charge in [0.2, 0.25) is 5.69 Å². The maximum atomic E-state index is 12.3. The number of hydrogen-bond acceptors (Lipinski definition) is 1. The molecule has 14 rings (SSSR count). The summed E-state index contributed by atoms with van der Waals surface area (Å²) in [6.07, 6.45) is 1.76. The smallest absolute Gasteiger partial charge is 0.216 e. The number of nitrogens with zero attached hydrogens (tertiary/aromatic N) is 6. The predicted octanol–water partition coefficient (Wildman–Crippen LogP) is 16.8. The Kier molecular flexibility index (Phi) is 8.25. The lowest BCUT2D eigenvalue weighted by molar-refractivity contribution is 0.332. The monoisotopic (exact) mass is 898 g/mol. The van der Waals surface area contributed by atoms with E-state index < -0.39 is 10.8 Å². The van der Waals surface area contributed by atoms with Gasteiger partial charge in [-0.2, -0.15) is 5.26 Å². The third-order valence-electron chi connectivity index (χ3n) is 15.8. The van der Waals surface area contributed by atoms with Gasteiger partial charge in [0.1, 0.15) is 6.07 Å². The molecule has 0 aliphatic heterocycles. The van der Waals surface area contributed by atoms with Gasteiger partial charge in [-0.05, 0) is 83.3 Å². The fraction of sp³-hybridized carbons (Fsp3) is 0.125. The standard InChI is InChI=1S/C64H46N6/c1-63(2)36-37-64(3,4)55-54(63)49(38-65)61(69-52-30-18-14-26-43(52)47-34-32-45-41-24-12-16-28-50(41)67(57(45)59(47)69)39-20-8-6-9-21-39)62(56(55)66-5)70-53-31-19-15-27-44(53)48-35-33-46-42-25-13-17-29-51(42)68(58(46)60(48)70)40-22-10-7-11-23-40/h6-35H,36-37H2,1-4H3. The third-order valence-corrected chi connectivity index (χ3v) is 15.8. The molecular weight excluding hydrogens is 853 g/mol. The van der Waals surface area contributed by atoms with Crippen molar-refractivity contribution in [2.75, 3.05) is 0 Å². The van der Waals surface area contributed by atoms with Gasteiger partial charge < -0.3 is 18.3 Å². The molecule has 0 bridgehead atoms. The molecule has 9 aromatic carbocycles. The SMILES string of the molecule is [C-]#[N+]c1c(-n2c3ccccc3c3ccc4c5ccccc5n(-c5ccccc5)c4c32)c(-n2c3ccccc3c3ccc4c5ccccc5n(-c5ccccc5)c4c32)c(C#N)c2c1C(C)(C)CCC2(C)C. The van der Waals surface area contributed by atoms with Crippen LogP contribution in [0.5, 0.6) is 0 Å². The number of para-hydroxylation sites is 6. The van der Waals surface area contributed by atoms with Crippen LogP contribution in [-0.2, 0) is 10.8 Å². The summed E-state index contributed by atoms with van der Waals surface area (Å²) < 4.78 is 9.58. The first-order valence-corrected chi connectivity index (χ1v) is 24.3. The molecule has 1 aliphatic carbocycles. The van der Waals surface area contributed by atoms with Crippen molar-refractivity contribution in [1.29, 1.82) is 5.26 Å². The summed E-state index contributed by atoms with van der Waals surface area (Å²) in [5.74, 6) is 0. The summed E-state index contributed by atoms with van der Waals surface area (Å²) >= 11 is 0. The second-order valence-electron chi connectivity index (χ2n) is 20.5. The van der Waals surface area contributed by atoms with Crippen LogP contribution in [0.1, 0.15) is 57.2 Å². The number of rotatable bonds is 4. The summed E-state index contributed by atoms with van der Waals surface area (Å²) in [6, 6.07) is 67.9. The second-order valence-corrected chi connectivity index (χ2v) is 20.5. The molecule has 0 radical (unpaired) electrons. The molecule has 4 heterocycles. The van der Waals surface area contributed by atoms with Crippen LogP contribution < -0.4 is 0 Å². The Morgan fingerprint density at radius 1 is 0.400 bits per heavy atom. The largest absolute Gasteiger partial charge is 0.315 e. The zero-order valence-electron chi connectivity index (χ0n) is 39.4. The number of fused-ring (bicyclic) bond motifs is 15. The summed E-state index contributed by atoms with van der Waals surface area (Å²) in [4.78, 5) is 4.78. The van der Waals surface area contributed by atoms with Crippen molar-refractivity contribution in [1.82, 2.24) is 18.3 Å². The van der Waals surface area contributed by atoms with Gasteiger partial charge in [-0.3, -0.25) is 0 Å². The lowest BCUT2D eigenvalue weighted by Gasteiger charge is -2.44. The minimum absolute atomic E-state index is 0.412. The van der Waals surface area contributed by atoms with Crippen molar-refractivity contribution in [2.45, 2.75) is 51.4 Å². The molecule has 0 fully saturated rings. The summed E-state index contributed by atoms with van der Waals surface area (Å²) in [6.45, 7) is 18.7. The minimum Gasteiger partial charge on any atom is -0.315 e. The van der Waals surface area contributed by atoms with Gasteiger partial charge in [0, 0.05) is 54.5 Å². The van der Waals surface area contributed by atoms with E-state index in [0.29, 0.717) is 11.3 Å². The fourth-order valence-corrected chi connectivity index (χ4v) is 12.7. The number of hydrogen-bond donors (Lipinski definition) is 0. The predicted molar refractivity (Wildman–Crippen MR) is 290 cm³/mol. The molecule has 70 heavy (non-hydrogen) atoms. The molecule has 0 atom stereocenters. The molecule has 13 aromatic rings. The molecule has 0 amide bonds. The lowest BCUT2D eigenvalue weighted by Crippen LogP contribution is -2.36. The summed E-state index contributed by atoms with van der Waals surface area (Å²) in [7, 11) is 0. The molecule has 0 saturated carbocycles. The molecule has 0 spiro atoms. The van der Waals surface area contributed by atoms with Crippen LogP contribution in [0, 0.1) is 17.9 Å². The Bertz CT molecular complexity index is 4190. The van der Waals surface area contributed by atoms with Gasteiger partial charge >= 0.3 is 0 Å². The Morgan fingerprint density at radius 3 is 1.11 bits per heavy atom. The topological polar surface area (TPSA) is 47.9 Å². The van der Waals surface area contributed by atoms with E-state index in [1.54, 1.807) is 0 Å². The van der Waals surface area contributed by atoms with Crippen LogP contribution in [0.25, 0.3) is 115 Å². The highest BCUT2D eigenvalue weighted by Gasteiger charge is 2.44. The Labute approximate surface area is 404 Å². The van der Waals surface area contributed by atoms with Gasteiger partial charge in [-0.25, -0.2) is 4.85 Å². The van der Waals surface area contributed by atoms with Crippen molar-refractivity contribution in [3.63, 3.8) is 0 Å².